The fraction of sp³-hybridized carbons (Fsp3) is 0.632. The van der Waals surface area contributed by atoms with Crippen LogP contribution >= 0.6 is 15.9 Å². The molecule has 0 N–H and O–H groups in total. The highest BCUT2D eigenvalue weighted by Crippen LogP contribution is 2.39. The summed E-state index contributed by atoms with van der Waals surface area (Å²) in [5, 5.41) is 0.154. The topological polar surface area (TPSA) is 35.5 Å². The summed E-state index contributed by atoms with van der Waals surface area (Å²) in [6, 6.07) is 0. The molecule has 0 radical (unpaired) electrons. The predicted molar refractivity (Wildman–Crippen MR) is 109 cm³/mol. The Bertz CT molecular complexity index is 513. The normalized spacial score (nSPS) is 17.1. The number of methoxy groups -OCH3 is 1. The van der Waals surface area contributed by atoms with Crippen LogP contribution in [0, 0.1) is 5.92 Å². The van der Waals surface area contributed by atoms with Gasteiger partial charge in [0, 0.05) is 12.0 Å². The number of hydrogen-bond donors (Lipinski definition) is 0. The molecule has 0 heterocycles. The third kappa shape index (κ3) is 7.49. The molecule has 0 amide bonds. The first-order chi connectivity index (χ1) is 10.9. The Morgan fingerprint density at radius 2 is 1.71 bits per heavy atom. The van der Waals surface area contributed by atoms with Gasteiger partial charge in [-0.25, -0.2) is 4.79 Å². The molecule has 3 nitrogen and oxygen atoms in total. The van der Waals surface area contributed by atoms with Gasteiger partial charge < -0.3 is 9.16 Å². The summed E-state index contributed by atoms with van der Waals surface area (Å²) < 4.78 is 11.3. The molecule has 0 aromatic rings. The molecule has 0 aliphatic heterocycles. The van der Waals surface area contributed by atoms with Gasteiger partial charge in [0.1, 0.15) is 0 Å². The molecule has 5 heteroatoms. The van der Waals surface area contributed by atoms with Crippen molar-refractivity contribution in [1.29, 1.82) is 0 Å². The predicted octanol–water partition coefficient (Wildman–Crippen LogP) is 5.99. The third-order valence-electron chi connectivity index (χ3n) is 4.54. The summed E-state index contributed by atoms with van der Waals surface area (Å²) in [5.74, 6) is -0.156. The summed E-state index contributed by atoms with van der Waals surface area (Å²) in [5.41, 5.74) is 2.17. The van der Waals surface area contributed by atoms with Gasteiger partial charge in [-0.05, 0) is 42.5 Å². The maximum absolute atomic E-state index is 11.2. The van der Waals surface area contributed by atoms with Gasteiger partial charge in [-0.2, -0.15) is 0 Å². The van der Waals surface area contributed by atoms with Gasteiger partial charge in [-0.15, -0.1) is 0 Å². The number of allylic oxidation sites excluding steroid dienone is 2. The highest BCUT2D eigenvalue weighted by Gasteiger charge is 2.40. The van der Waals surface area contributed by atoms with E-state index in [0.717, 1.165) is 11.1 Å². The maximum Gasteiger partial charge on any atom is 0.330 e. The minimum atomic E-state index is -1.89. The van der Waals surface area contributed by atoms with Gasteiger partial charge in [-0.1, -0.05) is 61.4 Å². The van der Waals surface area contributed by atoms with Crippen molar-refractivity contribution >= 4 is 30.2 Å². The van der Waals surface area contributed by atoms with Gasteiger partial charge in [0.05, 0.1) is 13.2 Å². The van der Waals surface area contributed by atoms with Crippen molar-refractivity contribution in [3.8, 4) is 0 Å². The van der Waals surface area contributed by atoms with E-state index in [9.17, 15) is 4.79 Å². The second kappa shape index (κ2) is 9.73. The maximum atomic E-state index is 11.2. The molecule has 0 aliphatic carbocycles. The van der Waals surface area contributed by atoms with E-state index in [2.05, 4.69) is 74.5 Å². The Hall–Kier alpha value is -0.653. The van der Waals surface area contributed by atoms with Crippen LogP contribution in [0.15, 0.2) is 34.4 Å². The first-order valence-electron chi connectivity index (χ1n) is 8.25. The molecule has 0 spiro atoms. The smallest absolute Gasteiger partial charge is 0.330 e. The number of carbonyl (C=O) groups is 1. The number of rotatable bonds is 7. The molecular formula is C19H33BrO3Si. The monoisotopic (exact) mass is 416 g/mol. The second-order valence-electron chi connectivity index (χ2n) is 7.78. The van der Waals surface area contributed by atoms with E-state index in [1.807, 2.05) is 11.9 Å². The molecule has 0 aromatic heterocycles. The summed E-state index contributed by atoms with van der Waals surface area (Å²) in [4.78, 5) is 13.2. The average Bonchev–Trinajstić information content (AvgIpc) is 2.48. The van der Waals surface area contributed by atoms with E-state index in [-0.39, 0.29) is 23.0 Å². The summed E-state index contributed by atoms with van der Waals surface area (Å²) in [6.07, 6.45) is 5.36. The molecule has 2 atom stereocenters. The number of hydrogen-bond acceptors (Lipinski definition) is 3. The van der Waals surface area contributed by atoms with Crippen LogP contribution in [0.2, 0.25) is 18.1 Å². The highest BCUT2D eigenvalue weighted by atomic mass is 79.9. The van der Waals surface area contributed by atoms with Crippen molar-refractivity contribution < 1.29 is 14.0 Å². The first-order valence-corrected chi connectivity index (χ1v) is 12.1. The summed E-state index contributed by atoms with van der Waals surface area (Å²) >= 11 is 3.44. The second-order valence-corrected chi connectivity index (χ2v) is 13.0. The number of carbonyl (C=O) groups excluding carboxylic acids is 1. The molecule has 24 heavy (non-hydrogen) atoms. The van der Waals surface area contributed by atoms with Crippen LogP contribution < -0.4 is 0 Å². The van der Waals surface area contributed by atoms with Gasteiger partial charge in [0.25, 0.3) is 0 Å². The molecule has 0 rings (SSSR count). The van der Waals surface area contributed by atoms with Crippen LogP contribution in [0.5, 0.6) is 0 Å². The zero-order valence-corrected chi connectivity index (χ0v) is 19.2. The van der Waals surface area contributed by atoms with Crippen molar-refractivity contribution in [3.05, 3.63) is 34.4 Å². The molecule has 0 saturated carbocycles. The van der Waals surface area contributed by atoms with Gasteiger partial charge in [-0.3, -0.25) is 0 Å². The molecule has 0 saturated heterocycles. The molecule has 138 valence electrons. The Morgan fingerprint density at radius 1 is 1.17 bits per heavy atom. The van der Waals surface area contributed by atoms with Crippen molar-refractivity contribution in [3.63, 3.8) is 0 Å². The van der Waals surface area contributed by atoms with Crippen LogP contribution in [0.25, 0.3) is 0 Å². The molecule has 0 aromatic carbocycles. The lowest BCUT2D eigenvalue weighted by Crippen LogP contribution is -2.45. The SMILES string of the molecule is COC(=O)/C=C/C(C)=C/[C@@H](C)[C@@H](O[Si](C)(C)C(C)(C)C)/C(C)=C/Br. The fourth-order valence-corrected chi connectivity index (χ4v) is 3.65. The van der Waals surface area contributed by atoms with E-state index >= 15 is 0 Å². The van der Waals surface area contributed by atoms with E-state index in [1.54, 1.807) is 6.08 Å². The zero-order valence-electron chi connectivity index (χ0n) is 16.6. The minimum absolute atomic E-state index is 0.00624. The lowest BCUT2D eigenvalue weighted by Gasteiger charge is -2.41. The lowest BCUT2D eigenvalue weighted by atomic mass is 9.97. The fourth-order valence-electron chi connectivity index (χ4n) is 2.00. The molecular weight excluding hydrogens is 384 g/mol. The van der Waals surface area contributed by atoms with Crippen LogP contribution in [0.4, 0.5) is 0 Å². The van der Waals surface area contributed by atoms with Crippen molar-refractivity contribution in [2.75, 3.05) is 7.11 Å². The molecule has 0 unspecified atom stereocenters. The van der Waals surface area contributed by atoms with Gasteiger partial charge in [0.2, 0.25) is 0 Å². The number of ether oxygens (including phenoxy) is 1. The Balaban J connectivity index is 5.41. The lowest BCUT2D eigenvalue weighted by molar-refractivity contribution is -0.134. The average molecular weight is 417 g/mol. The molecule has 0 aliphatic rings. The highest BCUT2D eigenvalue weighted by molar-refractivity contribution is 9.11. The number of halogens is 1. The van der Waals surface area contributed by atoms with Crippen molar-refractivity contribution in [2.45, 2.75) is 65.8 Å². The van der Waals surface area contributed by atoms with E-state index in [0.29, 0.717) is 0 Å². The van der Waals surface area contributed by atoms with E-state index < -0.39 is 8.32 Å². The van der Waals surface area contributed by atoms with Crippen molar-refractivity contribution in [2.24, 2.45) is 5.92 Å². The molecule has 0 fully saturated rings. The Labute approximate surface area is 157 Å². The Kier molecular flexibility index (Phi) is 9.47. The van der Waals surface area contributed by atoms with Crippen LogP contribution in [-0.2, 0) is 14.0 Å². The summed E-state index contributed by atoms with van der Waals surface area (Å²) in [6.45, 7) is 17.5. The van der Waals surface area contributed by atoms with Gasteiger partial charge in [0.15, 0.2) is 8.32 Å². The summed E-state index contributed by atoms with van der Waals surface area (Å²) in [7, 11) is -0.509. The first kappa shape index (κ1) is 23.3. The molecule has 0 bridgehead atoms. The quantitative estimate of drug-likeness (QED) is 0.221. The minimum Gasteiger partial charge on any atom is -0.466 e. The van der Waals surface area contributed by atoms with Crippen LogP contribution in [-0.4, -0.2) is 27.5 Å². The largest absolute Gasteiger partial charge is 0.466 e. The van der Waals surface area contributed by atoms with Crippen molar-refractivity contribution in [1.82, 2.24) is 0 Å². The zero-order chi connectivity index (χ0) is 19.1. The van der Waals surface area contributed by atoms with Crippen LogP contribution in [0.3, 0.4) is 0 Å². The third-order valence-corrected chi connectivity index (χ3v) is 9.71. The van der Waals surface area contributed by atoms with Crippen LogP contribution in [0.1, 0.15) is 41.5 Å². The number of esters is 1. The van der Waals surface area contributed by atoms with E-state index in [1.165, 1.54) is 13.2 Å². The standard InChI is InChI=1S/C19H33BrO3Si/c1-14(10-11-17(21)22-7)12-15(2)18(16(3)13-20)23-24(8,9)19(4,5)6/h10-13,15,18H,1-9H3/b11-10+,14-12+,16-13+/t15-,18-/m1/s1. The van der Waals surface area contributed by atoms with Gasteiger partial charge >= 0.3 is 5.97 Å². The Morgan fingerprint density at radius 3 is 2.12 bits per heavy atom. The van der Waals surface area contributed by atoms with E-state index in [4.69, 9.17) is 4.43 Å².